The molecule has 0 fully saturated rings. The standard InChI is InChI=1S/C18H15BrN6O2/c1-25-13-6-4-3-5-11(13)15-17(25)21-18(24-22-15)23-20-9-10-7-12(19)16(26)14(8-10)27-2/h3-9,26H,1-2H3,(H,21,23,24)/b20-9-. The first-order valence-corrected chi connectivity index (χ1v) is 8.81. The smallest absolute Gasteiger partial charge is 0.265 e. The molecule has 136 valence electrons. The van der Waals surface area contributed by atoms with Crippen LogP contribution in [0, 0.1) is 0 Å². The Balaban J connectivity index is 1.63. The van der Waals surface area contributed by atoms with E-state index in [1.807, 2.05) is 35.9 Å². The summed E-state index contributed by atoms with van der Waals surface area (Å²) in [5.74, 6) is 0.673. The van der Waals surface area contributed by atoms with Crippen LogP contribution in [0.4, 0.5) is 5.95 Å². The Morgan fingerprint density at radius 1 is 1.26 bits per heavy atom. The Kier molecular flexibility index (Phi) is 4.36. The number of nitrogens with one attached hydrogen (secondary N) is 1. The van der Waals surface area contributed by atoms with Gasteiger partial charge in [0.2, 0.25) is 0 Å². The summed E-state index contributed by atoms with van der Waals surface area (Å²) in [6, 6.07) is 11.3. The van der Waals surface area contributed by atoms with Gasteiger partial charge in [-0.3, -0.25) is 0 Å². The Bertz CT molecular complexity index is 1190. The molecule has 0 radical (unpaired) electrons. The molecule has 0 spiro atoms. The Labute approximate surface area is 162 Å². The molecule has 0 saturated heterocycles. The van der Waals surface area contributed by atoms with Gasteiger partial charge in [-0.25, -0.2) is 5.43 Å². The minimum absolute atomic E-state index is 0.0383. The number of phenolic OH excluding ortho intramolecular Hbond substituents is 1. The van der Waals surface area contributed by atoms with Gasteiger partial charge in [0.25, 0.3) is 5.95 Å². The second-order valence-electron chi connectivity index (χ2n) is 5.81. The largest absolute Gasteiger partial charge is 0.503 e. The predicted molar refractivity (Wildman–Crippen MR) is 107 cm³/mol. The van der Waals surface area contributed by atoms with Gasteiger partial charge in [-0.2, -0.15) is 10.1 Å². The zero-order chi connectivity index (χ0) is 19.0. The number of aromatic hydroxyl groups is 1. The number of aromatic nitrogens is 4. The number of para-hydroxylation sites is 1. The quantitative estimate of drug-likeness (QED) is 0.383. The van der Waals surface area contributed by atoms with E-state index in [1.165, 1.54) is 7.11 Å². The van der Waals surface area contributed by atoms with Gasteiger partial charge in [0.15, 0.2) is 17.1 Å². The number of hydrogen-bond donors (Lipinski definition) is 2. The molecule has 2 N–H and O–H groups in total. The average molecular weight is 427 g/mol. The maximum Gasteiger partial charge on any atom is 0.265 e. The fraction of sp³-hybridized carbons (Fsp3) is 0.111. The summed E-state index contributed by atoms with van der Waals surface area (Å²) in [4.78, 5) is 4.50. The third-order valence-corrected chi connectivity index (χ3v) is 4.76. The topological polar surface area (TPSA) is 97.5 Å². The van der Waals surface area contributed by atoms with Crippen LogP contribution in [0.2, 0.25) is 0 Å². The van der Waals surface area contributed by atoms with Crippen molar-refractivity contribution < 1.29 is 9.84 Å². The maximum absolute atomic E-state index is 9.85. The van der Waals surface area contributed by atoms with Gasteiger partial charge in [-0.05, 0) is 39.7 Å². The van der Waals surface area contributed by atoms with Gasteiger partial charge in [0.05, 0.1) is 23.3 Å². The first-order chi connectivity index (χ1) is 13.1. The number of phenols is 1. The zero-order valence-corrected chi connectivity index (χ0v) is 16.1. The molecule has 0 amide bonds. The van der Waals surface area contributed by atoms with Gasteiger partial charge >= 0.3 is 0 Å². The molecule has 2 aromatic heterocycles. The van der Waals surface area contributed by atoms with Crippen molar-refractivity contribution in [2.45, 2.75) is 0 Å². The molecular formula is C18H15BrN6O2. The van der Waals surface area contributed by atoms with Crippen LogP contribution < -0.4 is 10.2 Å². The van der Waals surface area contributed by atoms with Crippen molar-refractivity contribution >= 4 is 50.2 Å². The minimum Gasteiger partial charge on any atom is -0.503 e. The highest BCUT2D eigenvalue weighted by molar-refractivity contribution is 9.10. The molecule has 8 nitrogen and oxygen atoms in total. The molecule has 0 unspecified atom stereocenters. The number of methoxy groups -OCH3 is 1. The number of fused-ring (bicyclic) bond motifs is 3. The summed E-state index contributed by atoms with van der Waals surface area (Å²) in [5.41, 5.74) is 6.01. The van der Waals surface area contributed by atoms with Gasteiger partial charge in [0, 0.05) is 12.4 Å². The summed E-state index contributed by atoms with van der Waals surface area (Å²) < 4.78 is 7.60. The number of hydrogen-bond acceptors (Lipinski definition) is 7. The normalized spacial score (nSPS) is 11.5. The van der Waals surface area contributed by atoms with E-state index in [2.05, 4.69) is 41.6 Å². The number of halogens is 1. The second-order valence-corrected chi connectivity index (χ2v) is 6.66. The van der Waals surface area contributed by atoms with Crippen molar-refractivity contribution in [3.05, 3.63) is 46.4 Å². The molecule has 0 aliphatic carbocycles. The van der Waals surface area contributed by atoms with Crippen LogP contribution in [0.15, 0.2) is 46.0 Å². The number of nitrogens with zero attached hydrogens (tertiary/aromatic N) is 5. The lowest BCUT2D eigenvalue weighted by atomic mass is 10.2. The van der Waals surface area contributed by atoms with Crippen molar-refractivity contribution in [1.82, 2.24) is 19.7 Å². The predicted octanol–water partition coefficient (Wildman–Crippen LogP) is 3.44. The minimum atomic E-state index is 0.0383. The van der Waals surface area contributed by atoms with Crippen molar-refractivity contribution in [3.63, 3.8) is 0 Å². The van der Waals surface area contributed by atoms with E-state index < -0.39 is 0 Å². The van der Waals surface area contributed by atoms with Crippen molar-refractivity contribution in [3.8, 4) is 11.5 Å². The van der Waals surface area contributed by atoms with Crippen LogP contribution in [-0.2, 0) is 7.05 Å². The molecule has 4 rings (SSSR count). The Hall–Kier alpha value is -3.20. The molecule has 2 heterocycles. The highest BCUT2D eigenvalue weighted by Gasteiger charge is 2.12. The number of aryl methyl sites for hydroxylation is 1. The van der Waals surface area contributed by atoms with Gasteiger partial charge in [-0.15, -0.1) is 10.2 Å². The summed E-state index contributed by atoms with van der Waals surface area (Å²) in [6.07, 6.45) is 1.57. The molecule has 2 aromatic carbocycles. The molecule has 0 atom stereocenters. The van der Waals surface area contributed by atoms with E-state index in [9.17, 15) is 5.11 Å². The summed E-state index contributed by atoms with van der Waals surface area (Å²) >= 11 is 3.28. The highest BCUT2D eigenvalue weighted by Crippen LogP contribution is 2.34. The summed E-state index contributed by atoms with van der Waals surface area (Å²) in [7, 11) is 3.42. The first kappa shape index (κ1) is 17.2. The van der Waals surface area contributed by atoms with Crippen LogP contribution in [0.3, 0.4) is 0 Å². The number of benzene rings is 2. The molecule has 4 aromatic rings. The van der Waals surface area contributed by atoms with Crippen LogP contribution >= 0.6 is 15.9 Å². The van der Waals surface area contributed by atoms with E-state index in [4.69, 9.17) is 4.74 Å². The van der Waals surface area contributed by atoms with E-state index >= 15 is 0 Å². The van der Waals surface area contributed by atoms with Crippen molar-refractivity contribution in [2.24, 2.45) is 12.1 Å². The van der Waals surface area contributed by atoms with Gasteiger partial charge in [0.1, 0.15) is 5.52 Å². The third kappa shape index (κ3) is 3.06. The highest BCUT2D eigenvalue weighted by atomic mass is 79.9. The fourth-order valence-corrected chi connectivity index (χ4v) is 3.30. The van der Waals surface area contributed by atoms with Crippen LogP contribution in [0.25, 0.3) is 22.1 Å². The van der Waals surface area contributed by atoms with Gasteiger partial charge in [-0.1, -0.05) is 18.2 Å². The molecule has 0 aliphatic heterocycles. The first-order valence-electron chi connectivity index (χ1n) is 8.02. The third-order valence-electron chi connectivity index (χ3n) is 4.16. The van der Waals surface area contributed by atoms with E-state index in [0.717, 1.165) is 27.6 Å². The molecular weight excluding hydrogens is 412 g/mol. The number of anilines is 1. The molecule has 0 saturated carbocycles. The number of hydrazone groups is 1. The molecule has 27 heavy (non-hydrogen) atoms. The van der Waals surface area contributed by atoms with Crippen LogP contribution in [-0.4, -0.2) is 38.2 Å². The SMILES string of the molecule is COc1cc(/C=N\Nc2nnc3c4ccccc4n(C)c3n2)cc(Br)c1O. The van der Waals surface area contributed by atoms with Gasteiger partial charge < -0.3 is 14.4 Å². The van der Waals surface area contributed by atoms with E-state index in [0.29, 0.717) is 10.2 Å². The Morgan fingerprint density at radius 3 is 2.89 bits per heavy atom. The van der Waals surface area contributed by atoms with Crippen molar-refractivity contribution in [1.29, 1.82) is 0 Å². The van der Waals surface area contributed by atoms with E-state index in [1.54, 1.807) is 18.3 Å². The number of rotatable bonds is 4. The van der Waals surface area contributed by atoms with E-state index in [-0.39, 0.29) is 11.7 Å². The lowest BCUT2D eigenvalue weighted by Crippen LogP contribution is -2.01. The molecule has 9 heteroatoms. The summed E-state index contributed by atoms with van der Waals surface area (Å²) in [6.45, 7) is 0. The Morgan fingerprint density at radius 2 is 2.07 bits per heavy atom. The van der Waals surface area contributed by atoms with Crippen LogP contribution in [0.5, 0.6) is 11.5 Å². The molecule has 0 aliphatic rings. The average Bonchev–Trinajstić information content (AvgIpc) is 2.97. The lowest BCUT2D eigenvalue weighted by Gasteiger charge is -2.06. The molecule has 0 bridgehead atoms. The monoisotopic (exact) mass is 426 g/mol. The summed E-state index contributed by atoms with van der Waals surface area (Å²) in [5, 5.41) is 23.4. The maximum atomic E-state index is 9.85. The van der Waals surface area contributed by atoms with Crippen molar-refractivity contribution in [2.75, 3.05) is 12.5 Å². The fourth-order valence-electron chi connectivity index (χ4n) is 2.84. The zero-order valence-electron chi connectivity index (χ0n) is 14.5. The lowest BCUT2D eigenvalue weighted by molar-refractivity contribution is 0.372. The number of ether oxygens (including phenoxy) is 1. The second kappa shape index (κ2) is 6.84. The van der Waals surface area contributed by atoms with Crippen LogP contribution in [0.1, 0.15) is 5.56 Å².